The van der Waals surface area contributed by atoms with Crippen LogP contribution >= 0.6 is 0 Å². The molecule has 126 valence electrons. The topological polar surface area (TPSA) is 45.2 Å². The quantitative estimate of drug-likeness (QED) is 0.812. The van der Waals surface area contributed by atoms with Gasteiger partial charge in [-0.1, -0.05) is 35.9 Å². The number of amides is 1. The summed E-state index contributed by atoms with van der Waals surface area (Å²) < 4.78 is 0. The molecule has 1 N–H and O–H groups in total. The first-order chi connectivity index (χ1) is 11.7. The van der Waals surface area contributed by atoms with Crippen molar-refractivity contribution in [1.82, 2.24) is 15.2 Å². The van der Waals surface area contributed by atoms with Gasteiger partial charge in [0.05, 0.1) is 18.8 Å². The van der Waals surface area contributed by atoms with Gasteiger partial charge < -0.3 is 10.2 Å². The lowest BCUT2D eigenvalue weighted by Crippen LogP contribution is -2.38. The maximum absolute atomic E-state index is 12.7. The number of rotatable bonds is 8. The van der Waals surface area contributed by atoms with Gasteiger partial charge >= 0.3 is 0 Å². The van der Waals surface area contributed by atoms with Gasteiger partial charge in [0.15, 0.2) is 0 Å². The van der Waals surface area contributed by atoms with Gasteiger partial charge in [-0.05, 0) is 49.9 Å². The van der Waals surface area contributed by atoms with Crippen LogP contribution in [0.5, 0.6) is 0 Å². The highest BCUT2D eigenvalue weighted by molar-refractivity contribution is 5.78. The fraction of sp³-hybridized carbons (Fsp3) is 0.400. The Hall–Kier alpha value is -2.20. The maximum Gasteiger partial charge on any atom is 0.237 e. The molecule has 2 aromatic rings. The normalized spacial score (nSPS) is 13.7. The summed E-state index contributed by atoms with van der Waals surface area (Å²) >= 11 is 0. The Balaban J connectivity index is 1.65. The predicted octanol–water partition coefficient (Wildman–Crippen LogP) is 2.92. The maximum atomic E-state index is 12.7. The summed E-state index contributed by atoms with van der Waals surface area (Å²) in [5.74, 6) is 0.904. The van der Waals surface area contributed by atoms with Gasteiger partial charge in [-0.25, -0.2) is 0 Å². The van der Waals surface area contributed by atoms with E-state index in [0.29, 0.717) is 19.6 Å². The molecule has 24 heavy (non-hydrogen) atoms. The second-order valence-electron chi connectivity index (χ2n) is 6.63. The number of hydrogen-bond acceptors (Lipinski definition) is 3. The van der Waals surface area contributed by atoms with Crippen molar-refractivity contribution in [3.8, 4) is 0 Å². The third-order valence-electron chi connectivity index (χ3n) is 4.29. The van der Waals surface area contributed by atoms with Crippen molar-refractivity contribution in [1.29, 1.82) is 0 Å². The highest BCUT2D eigenvalue weighted by Crippen LogP contribution is 2.27. The molecule has 0 aliphatic heterocycles. The van der Waals surface area contributed by atoms with Gasteiger partial charge in [-0.3, -0.25) is 9.78 Å². The predicted molar refractivity (Wildman–Crippen MR) is 95.3 cm³/mol. The van der Waals surface area contributed by atoms with Crippen LogP contribution in [-0.2, 0) is 17.9 Å². The van der Waals surface area contributed by atoms with Crippen LogP contribution in [-0.4, -0.2) is 28.9 Å². The second kappa shape index (κ2) is 8.06. The molecule has 4 heteroatoms. The first-order valence-electron chi connectivity index (χ1n) is 8.64. The fourth-order valence-electron chi connectivity index (χ4n) is 2.77. The Bertz CT molecular complexity index is 668. The number of pyridine rings is 1. The summed E-state index contributed by atoms with van der Waals surface area (Å²) in [7, 11) is 0. The van der Waals surface area contributed by atoms with Gasteiger partial charge in [0, 0.05) is 12.7 Å². The summed E-state index contributed by atoms with van der Waals surface area (Å²) in [4.78, 5) is 18.9. The minimum atomic E-state index is 0.128. The summed E-state index contributed by atoms with van der Waals surface area (Å²) in [5.41, 5.74) is 3.28. The zero-order valence-electron chi connectivity index (χ0n) is 14.2. The smallest absolute Gasteiger partial charge is 0.237 e. The Morgan fingerprint density at radius 3 is 2.79 bits per heavy atom. The number of aromatic nitrogens is 1. The van der Waals surface area contributed by atoms with Gasteiger partial charge in [0.25, 0.3) is 0 Å². The van der Waals surface area contributed by atoms with Crippen molar-refractivity contribution in [2.24, 2.45) is 5.92 Å². The van der Waals surface area contributed by atoms with Crippen LogP contribution in [0.25, 0.3) is 0 Å². The van der Waals surface area contributed by atoms with Crippen LogP contribution in [0.1, 0.15) is 29.7 Å². The molecule has 1 saturated carbocycles. The molecular formula is C20H25N3O. The fourth-order valence-corrected chi connectivity index (χ4v) is 2.77. The van der Waals surface area contributed by atoms with Crippen LogP contribution in [0, 0.1) is 12.8 Å². The summed E-state index contributed by atoms with van der Waals surface area (Å²) in [6, 6.07) is 14.1. The zero-order valence-corrected chi connectivity index (χ0v) is 14.2. The zero-order chi connectivity index (χ0) is 16.8. The number of carbonyl (C=O) groups excluding carboxylic acids is 1. The van der Waals surface area contributed by atoms with Crippen LogP contribution in [0.15, 0.2) is 48.7 Å². The molecule has 0 unspecified atom stereocenters. The molecule has 0 radical (unpaired) electrons. The number of carbonyl (C=O) groups is 1. The molecule has 0 bridgehead atoms. The van der Waals surface area contributed by atoms with E-state index in [1.54, 1.807) is 6.20 Å². The van der Waals surface area contributed by atoms with Crippen molar-refractivity contribution >= 4 is 5.91 Å². The van der Waals surface area contributed by atoms with Crippen molar-refractivity contribution in [2.45, 2.75) is 32.9 Å². The molecule has 1 aliphatic rings. The van der Waals surface area contributed by atoms with Crippen molar-refractivity contribution < 1.29 is 4.79 Å². The van der Waals surface area contributed by atoms with Crippen LogP contribution in [0.2, 0.25) is 0 Å². The monoisotopic (exact) mass is 323 g/mol. The van der Waals surface area contributed by atoms with E-state index in [4.69, 9.17) is 0 Å². The SMILES string of the molecule is Cc1cccc(CN(Cc2ccccn2)C(=O)CNCC2CC2)c1. The van der Waals surface area contributed by atoms with Crippen molar-refractivity contribution in [2.75, 3.05) is 13.1 Å². The van der Waals surface area contributed by atoms with E-state index < -0.39 is 0 Å². The van der Waals surface area contributed by atoms with Gasteiger partial charge in [-0.15, -0.1) is 0 Å². The molecular weight excluding hydrogens is 298 g/mol. The molecule has 1 aromatic carbocycles. The Labute approximate surface area is 143 Å². The average Bonchev–Trinajstić information content (AvgIpc) is 3.39. The first-order valence-corrected chi connectivity index (χ1v) is 8.64. The van der Waals surface area contributed by atoms with E-state index in [-0.39, 0.29) is 5.91 Å². The van der Waals surface area contributed by atoms with E-state index in [9.17, 15) is 4.79 Å². The van der Waals surface area contributed by atoms with E-state index in [1.165, 1.54) is 18.4 Å². The van der Waals surface area contributed by atoms with Gasteiger partial charge in [0.1, 0.15) is 0 Å². The number of hydrogen-bond donors (Lipinski definition) is 1. The number of nitrogens with zero attached hydrogens (tertiary/aromatic N) is 2. The van der Waals surface area contributed by atoms with Gasteiger partial charge in [-0.2, -0.15) is 0 Å². The minimum absolute atomic E-state index is 0.128. The number of aryl methyl sites for hydroxylation is 1. The Morgan fingerprint density at radius 2 is 2.08 bits per heavy atom. The molecule has 1 fully saturated rings. The average molecular weight is 323 g/mol. The van der Waals surface area contributed by atoms with Gasteiger partial charge in [0.2, 0.25) is 5.91 Å². The molecule has 0 atom stereocenters. The Kier molecular flexibility index (Phi) is 5.59. The lowest BCUT2D eigenvalue weighted by molar-refractivity contribution is -0.131. The molecule has 3 rings (SSSR count). The standard InChI is InChI=1S/C20H25N3O/c1-16-5-4-6-18(11-16)14-23(15-19-7-2-3-10-22-19)20(24)13-21-12-17-8-9-17/h2-7,10-11,17,21H,8-9,12-15H2,1H3. The number of benzene rings is 1. The number of nitrogens with one attached hydrogen (secondary N) is 1. The van der Waals surface area contributed by atoms with Crippen LogP contribution in [0.4, 0.5) is 0 Å². The largest absolute Gasteiger partial charge is 0.331 e. The lowest BCUT2D eigenvalue weighted by Gasteiger charge is -2.23. The summed E-state index contributed by atoms with van der Waals surface area (Å²) in [5, 5.41) is 3.30. The van der Waals surface area contributed by atoms with Crippen molar-refractivity contribution in [3.05, 3.63) is 65.5 Å². The first kappa shape index (κ1) is 16.7. The molecule has 0 saturated heterocycles. The van der Waals surface area contributed by atoms with E-state index >= 15 is 0 Å². The molecule has 4 nitrogen and oxygen atoms in total. The van der Waals surface area contributed by atoms with E-state index in [1.807, 2.05) is 29.2 Å². The summed E-state index contributed by atoms with van der Waals surface area (Å²) in [6.07, 6.45) is 4.36. The third kappa shape index (κ3) is 5.17. The second-order valence-corrected chi connectivity index (χ2v) is 6.63. The van der Waals surface area contributed by atoms with Crippen LogP contribution < -0.4 is 5.32 Å². The Morgan fingerprint density at radius 1 is 1.21 bits per heavy atom. The minimum Gasteiger partial charge on any atom is -0.331 e. The molecule has 1 amide bonds. The van der Waals surface area contributed by atoms with E-state index in [0.717, 1.165) is 23.7 Å². The van der Waals surface area contributed by atoms with Crippen LogP contribution in [0.3, 0.4) is 0 Å². The molecule has 0 spiro atoms. The molecule has 1 aromatic heterocycles. The van der Waals surface area contributed by atoms with Crippen molar-refractivity contribution in [3.63, 3.8) is 0 Å². The highest BCUT2D eigenvalue weighted by Gasteiger charge is 2.21. The summed E-state index contributed by atoms with van der Waals surface area (Å²) in [6.45, 7) is 4.58. The third-order valence-corrected chi connectivity index (χ3v) is 4.29. The lowest BCUT2D eigenvalue weighted by atomic mass is 10.1. The van der Waals surface area contributed by atoms with E-state index in [2.05, 4.69) is 35.4 Å². The molecule has 1 aliphatic carbocycles. The molecule has 1 heterocycles. The highest BCUT2D eigenvalue weighted by atomic mass is 16.2.